The fourth-order valence-corrected chi connectivity index (χ4v) is 3.75. The van der Waals surface area contributed by atoms with Crippen LogP contribution in [0.15, 0.2) is 30.3 Å². The molecule has 1 aromatic heterocycles. The van der Waals surface area contributed by atoms with Crippen molar-refractivity contribution in [2.24, 2.45) is 5.92 Å². The van der Waals surface area contributed by atoms with Gasteiger partial charge in [0.05, 0.1) is 17.1 Å². The summed E-state index contributed by atoms with van der Waals surface area (Å²) in [5, 5.41) is 10.1. The highest BCUT2D eigenvalue weighted by atomic mass is 32.1. The number of aliphatic carboxylic acids is 1. The molecule has 1 aromatic carbocycles. The molecule has 21 heavy (non-hydrogen) atoms. The first-order valence-corrected chi connectivity index (χ1v) is 7.87. The van der Waals surface area contributed by atoms with Crippen LogP contribution in [0.1, 0.15) is 16.3 Å². The minimum Gasteiger partial charge on any atom is -0.481 e. The summed E-state index contributed by atoms with van der Waals surface area (Å²) >= 11 is 1.52. The van der Waals surface area contributed by atoms with E-state index in [2.05, 4.69) is 0 Å². The van der Waals surface area contributed by atoms with Crippen LogP contribution < -0.4 is 0 Å². The van der Waals surface area contributed by atoms with Gasteiger partial charge in [-0.1, -0.05) is 30.3 Å². The molecule has 0 aliphatic carbocycles. The largest absolute Gasteiger partial charge is 0.481 e. The first kappa shape index (κ1) is 14.2. The van der Waals surface area contributed by atoms with Gasteiger partial charge in [0.25, 0.3) is 0 Å². The van der Waals surface area contributed by atoms with Crippen molar-refractivity contribution in [3.8, 4) is 11.3 Å². The summed E-state index contributed by atoms with van der Waals surface area (Å²) in [6.07, 6.45) is 1.97. The van der Waals surface area contributed by atoms with Crippen LogP contribution in [0, 0.1) is 5.92 Å². The lowest BCUT2D eigenvalue weighted by atomic mass is 10.1. The second-order valence-corrected chi connectivity index (χ2v) is 6.42. The summed E-state index contributed by atoms with van der Waals surface area (Å²) in [4.78, 5) is 16.6. The first-order chi connectivity index (χ1) is 10.2. The zero-order valence-electron chi connectivity index (χ0n) is 11.6. The van der Waals surface area contributed by atoms with Crippen LogP contribution in [-0.2, 0) is 22.4 Å². The molecule has 5 heteroatoms. The van der Waals surface area contributed by atoms with E-state index >= 15 is 0 Å². The summed E-state index contributed by atoms with van der Waals surface area (Å²) < 4.78 is 5.40. The monoisotopic (exact) mass is 303 g/mol. The molecule has 0 radical (unpaired) electrons. The van der Waals surface area contributed by atoms with Gasteiger partial charge in [-0.3, -0.25) is 4.79 Å². The Hall–Kier alpha value is -1.72. The van der Waals surface area contributed by atoms with Gasteiger partial charge in [0.15, 0.2) is 0 Å². The topological polar surface area (TPSA) is 59.4 Å². The van der Waals surface area contributed by atoms with Crippen LogP contribution >= 0.6 is 11.3 Å². The van der Waals surface area contributed by atoms with Crippen molar-refractivity contribution in [3.63, 3.8) is 0 Å². The maximum absolute atomic E-state index is 11.1. The summed E-state index contributed by atoms with van der Waals surface area (Å²) in [5.74, 6) is -0.302. The number of thiazole rings is 1. The number of benzene rings is 1. The van der Waals surface area contributed by atoms with Gasteiger partial charge in [0.1, 0.15) is 0 Å². The van der Waals surface area contributed by atoms with E-state index in [4.69, 9.17) is 14.8 Å². The molecular formula is C16H17NO3S. The van der Waals surface area contributed by atoms with Crippen molar-refractivity contribution in [1.82, 2.24) is 4.98 Å². The Balaban J connectivity index is 1.89. The van der Waals surface area contributed by atoms with Gasteiger partial charge in [-0.2, -0.15) is 0 Å². The van der Waals surface area contributed by atoms with Crippen LogP contribution in [0.2, 0.25) is 0 Å². The normalized spacial score (nSPS) is 18.0. The third-order valence-electron chi connectivity index (χ3n) is 3.59. The molecule has 1 atom stereocenters. The number of hydrogen-bond acceptors (Lipinski definition) is 4. The van der Waals surface area contributed by atoms with Crippen LogP contribution in [0.4, 0.5) is 0 Å². The van der Waals surface area contributed by atoms with Crippen LogP contribution in [0.25, 0.3) is 11.3 Å². The number of carbonyl (C=O) groups is 1. The zero-order valence-corrected chi connectivity index (χ0v) is 12.4. The smallest absolute Gasteiger partial charge is 0.308 e. The SMILES string of the molecule is O=C(O)Cc1sc(CC2CCOC2)nc1-c1ccccc1. The minimum atomic E-state index is -0.813. The number of nitrogens with zero attached hydrogens (tertiary/aromatic N) is 1. The van der Waals surface area contributed by atoms with E-state index in [0.717, 1.165) is 47.2 Å². The average molecular weight is 303 g/mol. The number of carboxylic acids is 1. The summed E-state index contributed by atoms with van der Waals surface area (Å²) in [5.41, 5.74) is 1.80. The summed E-state index contributed by atoms with van der Waals surface area (Å²) in [7, 11) is 0. The molecule has 0 saturated carbocycles. The van der Waals surface area contributed by atoms with E-state index in [1.807, 2.05) is 30.3 Å². The standard InChI is InChI=1S/C16H17NO3S/c18-15(19)9-13-16(12-4-2-1-3-5-12)17-14(21-13)8-11-6-7-20-10-11/h1-5,11H,6-10H2,(H,18,19). The van der Waals surface area contributed by atoms with E-state index in [-0.39, 0.29) is 6.42 Å². The zero-order chi connectivity index (χ0) is 14.7. The molecule has 1 aliphatic rings. The third-order valence-corrected chi connectivity index (χ3v) is 4.67. The van der Waals surface area contributed by atoms with Crippen molar-refractivity contribution in [3.05, 3.63) is 40.2 Å². The van der Waals surface area contributed by atoms with Gasteiger partial charge < -0.3 is 9.84 Å². The Kier molecular flexibility index (Phi) is 4.31. The second-order valence-electron chi connectivity index (χ2n) is 5.25. The number of rotatable bonds is 5. The van der Waals surface area contributed by atoms with E-state index in [1.54, 1.807) is 0 Å². The summed E-state index contributed by atoms with van der Waals surface area (Å²) in [6, 6.07) is 9.79. The van der Waals surface area contributed by atoms with Gasteiger partial charge >= 0.3 is 5.97 Å². The molecule has 1 aliphatic heterocycles. The fraction of sp³-hybridized carbons (Fsp3) is 0.375. The molecule has 2 aromatic rings. The molecule has 110 valence electrons. The highest BCUT2D eigenvalue weighted by molar-refractivity contribution is 7.12. The van der Waals surface area contributed by atoms with Crippen molar-refractivity contribution >= 4 is 17.3 Å². The molecule has 1 saturated heterocycles. The molecule has 0 amide bonds. The van der Waals surface area contributed by atoms with Gasteiger partial charge in [-0.05, 0) is 12.3 Å². The Morgan fingerprint density at radius 1 is 1.38 bits per heavy atom. The molecule has 0 bridgehead atoms. The van der Waals surface area contributed by atoms with Crippen LogP contribution in [0.5, 0.6) is 0 Å². The number of carboxylic acid groups (broad SMARTS) is 1. The van der Waals surface area contributed by atoms with Crippen LogP contribution in [0.3, 0.4) is 0 Å². The Morgan fingerprint density at radius 2 is 2.19 bits per heavy atom. The van der Waals surface area contributed by atoms with Gasteiger partial charge in [-0.25, -0.2) is 4.98 Å². The third kappa shape index (κ3) is 3.49. The molecule has 3 rings (SSSR count). The van der Waals surface area contributed by atoms with Gasteiger partial charge in [0, 0.05) is 30.1 Å². The van der Waals surface area contributed by atoms with Gasteiger partial charge in [0.2, 0.25) is 0 Å². The van der Waals surface area contributed by atoms with Gasteiger partial charge in [-0.15, -0.1) is 11.3 Å². The van der Waals surface area contributed by atoms with E-state index in [1.165, 1.54) is 11.3 Å². The molecule has 0 spiro atoms. The fourth-order valence-electron chi connectivity index (χ4n) is 2.56. The van der Waals surface area contributed by atoms with Crippen molar-refractivity contribution < 1.29 is 14.6 Å². The lowest BCUT2D eigenvalue weighted by Gasteiger charge is -2.02. The Bertz CT molecular complexity index is 618. The second kappa shape index (κ2) is 6.37. The molecule has 1 fully saturated rings. The lowest BCUT2D eigenvalue weighted by molar-refractivity contribution is -0.136. The van der Waals surface area contributed by atoms with E-state index < -0.39 is 5.97 Å². The predicted octanol–water partition coefficient (Wildman–Crippen LogP) is 3.02. The number of ether oxygens (including phenoxy) is 1. The summed E-state index contributed by atoms with van der Waals surface area (Å²) in [6.45, 7) is 1.61. The number of hydrogen-bond donors (Lipinski definition) is 1. The lowest BCUT2D eigenvalue weighted by Crippen LogP contribution is -2.02. The highest BCUT2D eigenvalue weighted by Gasteiger charge is 2.21. The first-order valence-electron chi connectivity index (χ1n) is 7.06. The quantitative estimate of drug-likeness (QED) is 0.922. The Labute approximate surface area is 127 Å². The minimum absolute atomic E-state index is 0.0308. The van der Waals surface area contributed by atoms with E-state index in [0.29, 0.717) is 5.92 Å². The molecular weight excluding hydrogens is 286 g/mol. The van der Waals surface area contributed by atoms with E-state index in [9.17, 15) is 4.79 Å². The molecule has 1 N–H and O–H groups in total. The van der Waals surface area contributed by atoms with Crippen molar-refractivity contribution in [2.45, 2.75) is 19.3 Å². The van der Waals surface area contributed by atoms with Crippen LogP contribution in [-0.4, -0.2) is 29.3 Å². The molecule has 1 unspecified atom stereocenters. The molecule has 2 heterocycles. The van der Waals surface area contributed by atoms with Crippen molar-refractivity contribution in [2.75, 3.05) is 13.2 Å². The maximum Gasteiger partial charge on any atom is 0.308 e. The van der Waals surface area contributed by atoms with Crippen molar-refractivity contribution in [1.29, 1.82) is 0 Å². The molecule has 4 nitrogen and oxygen atoms in total. The number of aromatic nitrogens is 1. The Morgan fingerprint density at radius 3 is 2.86 bits per heavy atom. The predicted molar refractivity (Wildman–Crippen MR) is 81.5 cm³/mol. The highest BCUT2D eigenvalue weighted by Crippen LogP contribution is 2.31. The maximum atomic E-state index is 11.1. The average Bonchev–Trinajstić information content (AvgIpc) is 3.10.